The normalized spacial score (nSPS) is 14.2. The Morgan fingerprint density at radius 2 is 1.81 bits per heavy atom. The largest absolute Gasteiger partial charge is 0.454 e. The Kier molecular flexibility index (Phi) is 4.52. The lowest BCUT2D eigenvalue weighted by atomic mass is 10.1. The number of rotatable bonds is 4. The van der Waals surface area contributed by atoms with E-state index in [1.54, 1.807) is 0 Å². The number of benzene rings is 2. The molecule has 1 heterocycles. The highest BCUT2D eigenvalue weighted by atomic mass is 79.9. The zero-order chi connectivity index (χ0) is 14.8. The van der Waals surface area contributed by atoms with Gasteiger partial charge in [-0.05, 0) is 36.2 Å². The second-order valence-electron chi connectivity index (χ2n) is 4.92. The van der Waals surface area contributed by atoms with E-state index in [1.165, 1.54) is 5.56 Å². The number of hydrogen-bond donors (Lipinski definition) is 1. The van der Waals surface area contributed by atoms with Crippen molar-refractivity contribution in [1.29, 1.82) is 0 Å². The van der Waals surface area contributed by atoms with Crippen molar-refractivity contribution in [1.82, 2.24) is 5.32 Å². The van der Waals surface area contributed by atoms with Crippen molar-refractivity contribution >= 4 is 31.9 Å². The third-order valence-corrected chi connectivity index (χ3v) is 4.97. The second kappa shape index (κ2) is 6.38. The molecule has 0 aromatic heterocycles. The summed E-state index contributed by atoms with van der Waals surface area (Å²) in [6, 6.07) is 12.5. The molecule has 0 spiro atoms. The molecule has 3 rings (SSSR count). The van der Waals surface area contributed by atoms with Crippen LogP contribution in [-0.4, -0.2) is 6.79 Å². The Morgan fingerprint density at radius 3 is 2.57 bits per heavy atom. The van der Waals surface area contributed by atoms with Gasteiger partial charge < -0.3 is 14.8 Å². The molecule has 110 valence electrons. The van der Waals surface area contributed by atoms with Gasteiger partial charge in [0.2, 0.25) is 6.79 Å². The van der Waals surface area contributed by atoms with Crippen LogP contribution in [0.15, 0.2) is 45.3 Å². The maximum atomic E-state index is 5.43. The lowest BCUT2D eigenvalue weighted by molar-refractivity contribution is 0.174. The predicted molar refractivity (Wildman–Crippen MR) is 89.7 cm³/mol. The second-order valence-corrected chi connectivity index (χ2v) is 6.63. The molecule has 1 N–H and O–H groups in total. The van der Waals surface area contributed by atoms with Gasteiger partial charge in [-0.15, -0.1) is 0 Å². The Balaban J connectivity index is 1.72. The predicted octanol–water partition coefficient (Wildman–Crippen LogP) is 4.79. The van der Waals surface area contributed by atoms with Crippen LogP contribution >= 0.6 is 31.9 Å². The first-order valence-electron chi connectivity index (χ1n) is 6.71. The smallest absolute Gasteiger partial charge is 0.231 e. The van der Waals surface area contributed by atoms with Gasteiger partial charge in [-0.25, -0.2) is 0 Å². The van der Waals surface area contributed by atoms with E-state index in [0.717, 1.165) is 32.6 Å². The van der Waals surface area contributed by atoms with E-state index in [-0.39, 0.29) is 6.04 Å². The molecule has 1 aliphatic heterocycles. The van der Waals surface area contributed by atoms with Gasteiger partial charge in [-0.1, -0.05) is 50.1 Å². The zero-order valence-corrected chi connectivity index (χ0v) is 14.7. The minimum Gasteiger partial charge on any atom is -0.454 e. The summed E-state index contributed by atoms with van der Waals surface area (Å²) in [5.74, 6) is 1.60. The molecule has 0 saturated carbocycles. The molecule has 0 aliphatic carbocycles. The van der Waals surface area contributed by atoms with Crippen LogP contribution in [0.4, 0.5) is 0 Å². The van der Waals surface area contributed by atoms with E-state index in [2.05, 4.69) is 62.3 Å². The van der Waals surface area contributed by atoms with Crippen molar-refractivity contribution < 1.29 is 9.47 Å². The Hall–Kier alpha value is -1.04. The van der Waals surface area contributed by atoms with E-state index < -0.39 is 0 Å². The molecule has 2 aromatic rings. The lowest BCUT2D eigenvalue weighted by Gasteiger charge is -2.16. The fourth-order valence-corrected chi connectivity index (χ4v) is 3.38. The van der Waals surface area contributed by atoms with Crippen LogP contribution in [0.2, 0.25) is 0 Å². The Morgan fingerprint density at radius 1 is 1.10 bits per heavy atom. The van der Waals surface area contributed by atoms with Crippen molar-refractivity contribution in [3.63, 3.8) is 0 Å². The van der Waals surface area contributed by atoms with Gasteiger partial charge in [-0.2, -0.15) is 0 Å². The van der Waals surface area contributed by atoms with E-state index in [4.69, 9.17) is 9.47 Å². The van der Waals surface area contributed by atoms with Gasteiger partial charge in [0.15, 0.2) is 11.5 Å². The minimum absolute atomic E-state index is 0.248. The molecule has 1 aliphatic rings. The minimum atomic E-state index is 0.248. The van der Waals surface area contributed by atoms with Crippen LogP contribution in [0, 0.1) is 0 Å². The maximum Gasteiger partial charge on any atom is 0.231 e. The van der Waals surface area contributed by atoms with Crippen molar-refractivity contribution in [3.8, 4) is 11.5 Å². The van der Waals surface area contributed by atoms with Crippen LogP contribution in [-0.2, 0) is 6.54 Å². The van der Waals surface area contributed by atoms with Gasteiger partial charge in [0, 0.05) is 21.5 Å². The molecule has 5 heteroatoms. The molecule has 0 radical (unpaired) electrons. The van der Waals surface area contributed by atoms with E-state index in [0.29, 0.717) is 6.79 Å². The summed E-state index contributed by atoms with van der Waals surface area (Å²) in [6.45, 7) is 3.20. The number of halogens is 2. The quantitative estimate of drug-likeness (QED) is 0.782. The number of nitrogens with one attached hydrogen (secondary N) is 1. The number of fused-ring (bicyclic) bond motifs is 1. The van der Waals surface area contributed by atoms with Gasteiger partial charge in [0.1, 0.15) is 0 Å². The summed E-state index contributed by atoms with van der Waals surface area (Å²) in [4.78, 5) is 0. The summed E-state index contributed by atoms with van der Waals surface area (Å²) < 4.78 is 12.9. The molecule has 0 saturated heterocycles. The van der Waals surface area contributed by atoms with Crippen LogP contribution in [0.1, 0.15) is 24.1 Å². The Labute approximate surface area is 140 Å². The fraction of sp³-hybridized carbons (Fsp3) is 0.250. The summed E-state index contributed by atoms with van der Waals surface area (Å²) in [7, 11) is 0. The standard InChI is InChI=1S/C16H15Br2NO2/c1-10(12-4-2-3-5-13(12)17)19-8-11-6-15-16(7-14(11)18)21-9-20-15/h2-7,10,19H,8-9H2,1H3/t10-/m1/s1. The molecule has 0 fully saturated rings. The van der Waals surface area contributed by atoms with Crippen molar-refractivity contribution in [2.24, 2.45) is 0 Å². The first kappa shape index (κ1) is 14.9. The fourth-order valence-electron chi connectivity index (χ4n) is 2.29. The topological polar surface area (TPSA) is 30.5 Å². The molecule has 0 bridgehead atoms. The monoisotopic (exact) mass is 411 g/mol. The zero-order valence-electron chi connectivity index (χ0n) is 11.5. The highest BCUT2D eigenvalue weighted by Gasteiger charge is 2.17. The average molecular weight is 413 g/mol. The molecular weight excluding hydrogens is 398 g/mol. The SMILES string of the molecule is C[C@@H](NCc1cc2c(cc1Br)OCO2)c1ccccc1Br. The van der Waals surface area contributed by atoms with Gasteiger partial charge in [0.25, 0.3) is 0 Å². The number of ether oxygens (including phenoxy) is 2. The third kappa shape index (κ3) is 3.25. The van der Waals surface area contributed by atoms with Crippen molar-refractivity contribution in [2.75, 3.05) is 6.79 Å². The molecule has 1 atom stereocenters. The van der Waals surface area contributed by atoms with Crippen molar-refractivity contribution in [3.05, 3.63) is 56.5 Å². The highest BCUT2D eigenvalue weighted by Crippen LogP contribution is 2.37. The van der Waals surface area contributed by atoms with Crippen molar-refractivity contribution in [2.45, 2.75) is 19.5 Å². The summed E-state index contributed by atoms with van der Waals surface area (Å²) in [5.41, 5.74) is 2.40. The first-order valence-corrected chi connectivity index (χ1v) is 8.29. The van der Waals surface area contributed by atoms with Crippen LogP contribution in [0.5, 0.6) is 11.5 Å². The van der Waals surface area contributed by atoms with Crippen LogP contribution < -0.4 is 14.8 Å². The summed E-state index contributed by atoms with van der Waals surface area (Å²) in [6.07, 6.45) is 0. The van der Waals surface area contributed by atoms with Gasteiger partial charge in [-0.3, -0.25) is 0 Å². The molecular formula is C16H15Br2NO2. The van der Waals surface area contributed by atoms with E-state index in [9.17, 15) is 0 Å². The first-order chi connectivity index (χ1) is 10.1. The molecule has 2 aromatic carbocycles. The van der Waals surface area contributed by atoms with E-state index >= 15 is 0 Å². The van der Waals surface area contributed by atoms with Gasteiger partial charge in [0.05, 0.1) is 0 Å². The van der Waals surface area contributed by atoms with Crippen LogP contribution in [0.25, 0.3) is 0 Å². The molecule has 0 unspecified atom stereocenters. The van der Waals surface area contributed by atoms with Gasteiger partial charge >= 0.3 is 0 Å². The number of hydrogen-bond acceptors (Lipinski definition) is 3. The third-order valence-electron chi connectivity index (χ3n) is 3.51. The van der Waals surface area contributed by atoms with Crippen LogP contribution in [0.3, 0.4) is 0 Å². The molecule has 21 heavy (non-hydrogen) atoms. The average Bonchev–Trinajstić information content (AvgIpc) is 2.92. The molecule has 3 nitrogen and oxygen atoms in total. The highest BCUT2D eigenvalue weighted by molar-refractivity contribution is 9.10. The summed E-state index contributed by atoms with van der Waals surface area (Å²) in [5, 5.41) is 3.53. The Bertz CT molecular complexity index is 661. The van der Waals surface area contributed by atoms with E-state index in [1.807, 2.05) is 18.2 Å². The maximum absolute atomic E-state index is 5.43. The lowest BCUT2D eigenvalue weighted by Crippen LogP contribution is -2.18. The molecule has 0 amide bonds. The summed E-state index contributed by atoms with van der Waals surface area (Å²) >= 11 is 7.18.